The second kappa shape index (κ2) is 11.5. The van der Waals surface area contributed by atoms with E-state index in [-0.39, 0.29) is 16.3 Å². The predicted octanol–water partition coefficient (Wildman–Crippen LogP) is 5.55. The van der Waals surface area contributed by atoms with Crippen LogP contribution in [0.25, 0.3) is 0 Å². The minimum Gasteiger partial charge on any atom is -0.497 e. The molecular weight excluding hydrogens is 485 g/mol. The number of carbonyl (C=O) groups excluding carboxylic acids is 1. The molecule has 170 valence electrons. The van der Waals surface area contributed by atoms with Gasteiger partial charge in [0.05, 0.1) is 36.0 Å². The molecular formula is C23H19Cl2N3O4S. The summed E-state index contributed by atoms with van der Waals surface area (Å²) in [4.78, 5) is 12.4. The molecule has 0 aliphatic heterocycles. The molecule has 0 unspecified atom stereocenters. The van der Waals surface area contributed by atoms with Gasteiger partial charge in [-0.3, -0.25) is 5.43 Å². The lowest BCUT2D eigenvalue weighted by atomic mass is 10.2. The third-order valence-electron chi connectivity index (χ3n) is 4.27. The molecule has 0 saturated carbocycles. The maximum atomic E-state index is 12.4. The number of hydrogen-bond donors (Lipinski definition) is 2. The van der Waals surface area contributed by atoms with E-state index in [9.17, 15) is 4.79 Å². The third kappa shape index (κ3) is 6.82. The van der Waals surface area contributed by atoms with E-state index in [0.717, 1.165) is 11.4 Å². The Bertz CT molecular complexity index is 1190. The first kappa shape index (κ1) is 24.3. The lowest BCUT2D eigenvalue weighted by molar-refractivity contribution is 0.0729. The number of hydrazone groups is 1. The van der Waals surface area contributed by atoms with E-state index in [4.69, 9.17) is 49.6 Å². The predicted molar refractivity (Wildman–Crippen MR) is 134 cm³/mol. The summed E-state index contributed by atoms with van der Waals surface area (Å²) in [6, 6.07) is 16.8. The van der Waals surface area contributed by atoms with Crippen LogP contribution in [0.4, 0.5) is 5.69 Å². The van der Waals surface area contributed by atoms with Crippen molar-refractivity contribution in [2.24, 2.45) is 5.10 Å². The molecule has 0 atom stereocenters. The van der Waals surface area contributed by atoms with Crippen LogP contribution in [0.2, 0.25) is 10.0 Å². The fourth-order valence-corrected chi connectivity index (χ4v) is 3.10. The normalized spacial score (nSPS) is 10.5. The fourth-order valence-electron chi connectivity index (χ4n) is 2.63. The third-order valence-corrected chi connectivity index (χ3v) is 5.21. The average Bonchev–Trinajstić information content (AvgIpc) is 2.82. The number of rotatable bonds is 7. The van der Waals surface area contributed by atoms with Gasteiger partial charge in [0.2, 0.25) is 0 Å². The maximum Gasteiger partial charge on any atom is 0.343 e. The Morgan fingerprint density at radius 1 is 0.939 bits per heavy atom. The van der Waals surface area contributed by atoms with Gasteiger partial charge in [-0.05, 0) is 78.4 Å². The number of carbonyl (C=O) groups is 1. The molecule has 0 heterocycles. The number of anilines is 1. The summed E-state index contributed by atoms with van der Waals surface area (Å²) in [5.41, 5.74) is 4.48. The average molecular weight is 504 g/mol. The van der Waals surface area contributed by atoms with Crippen molar-refractivity contribution in [1.82, 2.24) is 5.43 Å². The van der Waals surface area contributed by atoms with Gasteiger partial charge in [-0.25, -0.2) is 4.79 Å². The van der Waals surface area contributed by atoms with Crippen molar-refractivity contribution in [1.29, 1.82) is 0 Å². The number of ether oxygens (including phenoxy) is 3. The summed E-state index contributed by atoms with van der Waals surface area (Å²) >= 11 is 17.1. The molecule has 0 spiro atoms. The number of thiocarbonyl (C=S) groups is 1. The first-order valence-corrected chi connectivity index (χ1v) is 10.7. The summed E-state index contributed by atoms with van der Waals surface area (Å²) in [6.07, 6.45) is 1.55. The van der Waals surface area contributed by atoms with Gasteiger partial charge in [-0.15, -0.1) is 0 Å². The van der Waals surface area contributed by atoms with Crippen LogP contribution < -0.4 is 25.0 Å². The molecule has 0 radical (unpaired) electrons. The van der Waals surface area contributed by atoms with Crippen molar-refractivity contribution in [2.75, 3.05) is 19.5 Å². The topological polar surface area (TPSA) is 81.2 Å². The Morgan fingerprint density at radius 3 is 2.36 bits per heavy atom. The molecule has 7 nitrogen and oxygen atoms in total. The highest BCUT2D eigenvalue weighted by atomic mass is 35.5. The number of esters is 1. The Kier molecular flexibility index (Phi) is 8.48. The van der Waals surface area contributed by atoms with Crippen molar-refractivity contribution < 1.29 is 19.0 Å². The van der Waals surface area contributed by atoms with E-state index >= 15 is 0 Å². The Balaban J connectivity index is 1.61. The van der Waals surface area contributed by atoms with E-state index in [1.165, 1.54) is 25.3 Å². The van der Waals surface area contributed by atoms with Crippen LogP contribution >= 0.6 is 35.4 Å². The number of methoxy groups -OCH3 is 2. The quantitative estimate of drug-likeness (QED) is 0.144. The van der Waals surface area contributed by atoms with Crippen LogP contribution in [0.15, 0.2) is 65.8 Å². The molecule has 2 N–H and O–H groups in total. The lowest BCUT2D eigenvalue weighted by Crippen LogP contribution is -2.23. The van der Waals surface area contributed by atoms with Crippen LogP contribution in [0.1, 0.15) is 15.9 Å². The van der Waals surface area contributed by atoms with E-state index < -0.39 is 5.97 Å². The molecule has 0 aliphatic rings. The van der Waals surface area contributed by atoms with Gasteiger partial charge in [0.25, 0.3) is 0 Å². The SMILES string of the molecule is COc1ccc(NC(=S)N/N=C\c2ccc(OC(=O)c3ccc(Cl)c(Cl)c3)c(OC)c2)cc1. The van der Waals surface area contributed by atoms with E-state index in [2.05, 4.69) is 15.8 Å². The smallest absolute Gasteiger partial charge is 0.343 e. The first-order valence-electron chi connectivity index (χ1n) is 9.49. The van der Waals surface area contributed by atoms with Gasteiger partial charge in [-0.1, -0.05) is 23.2 Å². The minimum atomic E-state index is -0.593. The Morgan fingerprint density at radius 2 is 1.70 bits per heavy atom. The number of benzene rings is 3. The monoisotopic (exact) mass is 503 g/mol. The number of hydrogen-bond acceptors (Lipinski definition) is 6. The second-order valence-electron chi connectivity index (χ2n) is 6.48. The highest BCUT2D eigenvalue weighted by Gasteiger charge is 2.14. The zero-order valence-corrected chi connectivity index (χ0v) is 19.9. The molecule has 10 heteroatoms. The second-order valence-corrected chi connectivity index (χ2v) is 7.70. The van der Waals surface area contributed by atoms with E-state index in [0.29, 0.717) is 21.4 Å². The molecule has 0 saturated heterocycles. The van der Waals surface area contributed by atoms with Crippen molar-refractivity contribution >= 4 is 58.4 Å². The van der Waals surface area contributed by atoms with Crippen molar-refractivity contribution in [3.63, 3.8) is 0 Å². The van der Waals surface area contributed by atoms with Crippen molar-refractivity contribution in [3.8, 4) is 17.2 Å². The highest BCUT2D eigenvalue weighted by Crippen LogP contribution is 2.29. The van der Waals surface area contributed by atoms with Gasteiger partial charge < -0.3 is 19.5 Å². The standard InChI is InChI=1S/C23H19Cl2N3O4S/c1-30-17-7-5-16(6-8-17)27-23(33)28-26-13-14-3-10-20(21(11-14)31-2)32-22(29)15-4-9-18(24)19(25)12-15/h3-13H,1-2H3,(H2,27,28,33)/b26-13-. The molecule has 0 bridgehead atoms. The molecule has 33 heavy (non-hydrogen) atoms. The Labute approximate surface area is 206 Å². The number of nitrogens with zero attached hydrogens (tertiary/aromatic N) is 1. The van der Waals surface area contributed by atoms with Crippen LogP contribution in [-0.4, -0.2) is 31.5 Å². The van der Waals surface area contributed by atoms with Crippen molar-refractivity contribution in [2.45, 2.75) is 0 Å². The van der Waals surface area contributed by atoms with Gasteiger partial charge in [0, 0.05) is 5.69 Å². The number of halogens is 2. The van der Waals surface area contributed by atoms with Gasteiger partial charge in [-0.2, -0.15) is 5.10 Å². The van der Waals surface area contributed by atoms with Gasteiger partial charge in [0.1, 0.15) is 5.75 Å². The largest absolute Gasteiger partial charge is 0.497 e. The molecule has 0 fully saturated rings. The summed E-state index contributed by atoms with van der Waals surface area (Å²) < 4.78 is 15.9. The van der Waals surface area contributed by atoms with Crippen LogP contribution in [0.5, 0.6) is 17.2 Å². The highest BCUT2D eigenvalue weighted by molar-refractivity contribution is 7.80. The molecule has 3 aromatic carbocycles. The number of nitrogens with one attached hydrogen (secondary N) is 2. The maximum absolute atomic E-state index is 12.4. The van der Waals surface area contributed by atoms with Crippen LogP contribution in [-0.2, 0) is 0 Å². The Hall–Kier alpha value is -3.33. The fraction of sp³-hybridized carbons (Fsp3) is 0.0870. The lowest BCUT2D eigenvalue weighted by Gasteiger charge is -2.10. The molecule has 3 aromatic rings. The van der Waals surface area contributed by atoms with Gasteiger partial charge in [0.15, 0.2) is 16.6 Å². The van der Waals surface area contributed by atoms with Crippen molar-refractivity contribution in [3.05, 3.63) is 81.8 Å². The summed E-state index contributed by atoms with van der Waals surface area (Å²) in [5, 5.41) is 8.04. The van der Waals surface area contributed by atoms with Gasteiger partial charge >= 0.3 is 5.97 Å². The zero-order valence-electron chi connectivity index (χ0n) is 17.6. The minimum absolute atomic E-state index is 0.246. The molecule has 0 amide bonds. The van der Waals surface area contributed by atoms with Crippen LogP contribution in [0.3, 0.4) is 0 Å². The molecule has 3 rings (SSSR count). The first-order chi connectivity index (χ1) is 15.9. The van der Waals surface area contributed by atoms with Crippen LogP contribution in [0, 0.1) is 0 Å². The molecule has 0 aliphatic carbocycles. The zero-order chi connectivity index (χ0) is 23.8. The summed E-state index contributed by atoms with van der Waals surface area (Å²) in [6.45, 7) is 0. The van der Waals surface area contributed by atoms with E-state index in [1.807, 2.05) is 24.3 Å². The van der Waals surface area contributed by atoms with E-state index in [1.54, 1.807) is 31.5 Å². The summed E-state index contributed by atoms with van der Waals surface area (Å²) in [5.74, 6) is 0.754. The molecule has 0 aromatic heterocycles. The summed E-state index contributed by atoms with van der Waals surface area (Å²) in [7, 11) is 3.07.